The monoisotopic (exact) mass is 465 g/mol. The molecule has 1 amide bonds. The first-order valence-corrected chi connectivity index (χ1v) is 10.7. The molecule has 2 aromatic carbocycles. The summed E-state index contributed by atoms with van der Waals surface area (Å²) in [5, 5.41) is 19.4. The Labute approximate surface area is 195 Å². The number of methoxy groups -OCH3 is 1. The number of anilines is 3. The number of nitriles is 1. The Bertz CT molecular complexity index is 1290. The van der Waals surface area contributed by atoms with Gasteiger partial charge in [-0.05, 0) is 50.2 Å². The Morgan fingerprint density at radius 3 is 2.79 bits per heavy atom. The van der Waals surface area contributed by atoms with Crippen molar-refractivity contribution in [2.24, 2.45) is 0 Å². The molecule has 1 fully saturated rings. The van der Waals surface area contributed by atoms with Crippen LogP contribution in [0.25, 0.3) is 10.9 Å². The minimum absolute atomic E-state index is 0.0440. The van der Waals surface area contributed by atoms with Crippen molar-refractivity contribution in [2.75, 3.05) is 30.8 Å². The summed E-state index contributed by atoms with van der Waals surface area (Å²) in [6.07, 6.45) is 4.71. The summed E-state index contributed by atoms with van der Waals surface area (Å²) in [6, 6.07) is 9.69. The van der Waals surface area contributed by atoms with Gasteiger partial charge in [0.15, 0.2) is 0 Å². The van der Waals surface area contributed by atoms with Gasteiger partial charge in [-0.15, -0.1) is 0 Å². The second kappa shape index (κ2) is 9.86. The van der Waals surface area contributed by atoms with Crippen molar-refractivity contribution >= 4 is 45.5 Å². The van der Waals surface area contributed by atoms with E-state index < -0.39 is 5.82 Å². The number of pyridine rings is 1. The molecular formula is C24H21ClFN5O2. The molecule has 0 spiro atoms. The quantitative estimate of drug-likeness (QED) is 0.463. The number of hydrogen-bond acceptors (Lipinski definition) is 6. The zero-order valence-electron chi connectivity index (χ0n) is 17.8. The van der Waals surface area contributed by atoms with Gasteiger partial charge in [-0.3, -0.25) is 9.78 Å². The molecular weight excluding hydrogens is 445 g/mol. The Hall–Kier alpha value is -3.67. The van der Waals surface area contributed by atoms with Crippen LogP contribution in [0, 0.1) is 17.1 Å². The van der Waals surface area contributed by atoms with Gasteiger partial charge in [-0.25, -0.2) is 4.39 Å². The lowest BCUT2D eigenvalue weighted by Crippen LogP contribution is -2.24. The van der Waals surface area contributed by atoms with E-state index in [4.69, 9.17) is 16.3 Å². The normalized spacial score (nSPS) is 13.3. The van der Waals surface area contributed by atoms with Crippen molar-refractivity contribution < 1.29 is 13.9 Å². The third-order valence-electron chi connectivity index (χ3n) is 5.34. The van der Waals surface area contributed by atoms with Gasteiger partial charge in [-0.2, -0.15) is 5.26 Å². The lowest BCUT2D eigenvalue weighted by molar-refractivity contribution is -0.112. The fourth-order valence-corrected chi connectivity index (χ4v) is 3.85. The van der Waals surface area contributed by atoms with Crippen LogP contribution in [-0.2, 0) is 4.79 Å². The average molecular weight is 466 g/mol. The van der Waals surface area contributed by atoms with E-state index >= 15 is 0 Å². The van der Waals surface area contributed by atoms with E-state index in [1.54, 1.807) is 18.2 Å². The first-order valence-electron chi connectivity index (χ1n) is 10.3. The van der Waals surface area contributed by atoms with E-state index in [0.29, 0.717) is 33.7 Å². The number of carbonyl (C=O) groups is 1. The van der Waals surface area contributed by atoms with E-state index in [2.05, 4.69) is 27.0 Å². The number of halogens is 2. The molecule has 7 nitrogen and oxygen atoms in total. The Balaban J connectivity index is 1.75. The predicted molar refractivity (Wildman–Crippen MR) is 127 cm³/mol. The van der Waals surface area contributed by atoms with E-state index in [1.807, 2.05) is 0 Å². The summed E-state index contributed by atoms with van der Waals surface area (Å²) in [6.45, 7) is 1.70. The van der Waals surface area contributed by atoms with Gasteiger partial charge < -0.3 is 20.7 Å². The highest BCUT2D eigenvalue weighted by Gasteiger charge is 2.16. The van der Waals surface area contributed by atoms with E-state index in [1.165, 1.54) is 31.5 Å². The number of nitrogens with zero attached hydrogens (tertiary/aromatic N) is 2. The number of amides is 1. The molecule has 1 aromatic heterocycles. The molecule has 0 aliphatic carbocycles. The molecule has 9 heteroatoms. The molecule has 33 heavy (non-hydrogen) atoms. The second-order valence-electron chi connectivity index (χ2n) is 7.52. The highest BCUT2D eigenvalue weighted by atomic mass is 35.5. The molecule has 0 unspecified atom stereocenters. The number of aromatic nitrogens is 1. The fourth-order valence-electron chi connectivity index (χ4n) is 3.67. The molecule has 3 aromatic rings. The molecule has 168 valence electrons. The third kappa shape index (κ3) is 5.06. The van der Waals surface area contributed by atoms with Crippen LogP contribution in [-0.4, -0.2) is 31.1 Å². The minimum Gasteiger partial charge on any atom is -0.494 e. The van der Waals surface area contributed by atoms with Crippen LogP contribution in [0.2, 0.25) is 5.02 Å². The predicted octanol–water partition coefficient (Wildman–Crippen LogP) is 4.90. The summed E-state index contributed by atoms with van der Waals surface area (Å²) in [7, 11) is 1.51. The van der Waals surface area contributed by atoms with E-state index in [0.717, 1.165) is 31.5 Å². The van der Waals surface area contributed by atoms with Gasteiger partial charge >= 0.3 is 0 Å². The summed E-state index contributed by atoms with van der Waals surface area (Å²) in [5.41, 5.74) is 3.31. The third-order valence-corrected chi connectivity index (χ3v) is 5.63. The maximum Gasteiger partial charge on any atom is 0.248 e. The molecule has 3 N–H and O–H groups in total. The van der Waals surface area contributed by atoms with Crippen LogP contribution in [0.4, 0.5) is 21.5 Å². The highest BCUT2D eigenvalue weighted by Crippen LogP contribution is 2.36. The van der Waals surface area contributed by atoms with Crippen LogP contribution in [0.1, 0.15) is 18.4 Å². The smallest absolute Gasteiger partial charge is 0.248 e. The first-order chi connectivity index (χ1) is 16.0. The zero-order chi connectivity index (χ0) is 23.4. The van der Waals surface area contributed by atoms with E-state index in [-0.39, 0.29) is 16.5 Å². The van der Waals surface area contributed by atoms with Crippen LogP contribution < -0.4 is 20.7 Å². The number of hydrogen-bond donors (Lipinski definition) is 3. The van der Waals surface area contributed by atoms with Gasteiger partial charge in [0, 0.05) is 29.4 Å². The molecule has 0 saturated carbocycles. The number of benzene rings is 2. The lowest BCUT2D eigenvalue weighted by atomic mass is 10.0. The minimum atomic E-state index is -0.542. The standard InChI is InChI=1S/C24H21ClFN5O2/c1-33-22-11-20-17(10-21(22)31-23(32)8-14-4-6-28-7-5-14)24(15(12-27)13-29-20)30-16-2-3-19(26)18(25)9-16/h2-3,8-11,13,28H,4-7H2,1H3,(H,29,30)(H,31,32). The van der Waals surface area contributed by atoms with E-state index in [9.17, 15) is 14.4 Å². The largest absolute Gasteiger partial charge is 0.494 e. The number of ether oxygens (including phenoxy) is 1. The topological polar surface area (TPSA) is 99.1 Å². The summed E-state index contributed by atoms with van der Waals surface area (Å²) in [5.74, 6) is -0.360. The first kappa shape index (κ1) is 22.5. The zero-order valence-corrected chi connectivity index (χ0v) is 18.6. The van der Waals surface area contributed by atoms with Crippen LogP contribution in [0.3, 0.4) is 0 Å². The van der Waals surface area contributed by atoms with Gasteiger partial charge in [-0.1, -0.05) is 17.2 Å². The van der Waals surface area contributed by atoms with Crippen molar-refractivity contribution in [1.29, 1.82) is 5.26 Å². The van der Waals surface area contributed by atoms with Gasteiger partial charge in [0.2, 0.25) is 5.91 Å². The maximum atomic E-state index is 13.6. The van der Waals surface area contributed by atoms with Crippen molar-refractivity contribution in [3.05, 3.63) is 64.6 Å². The number of carbonyl (C=O) groups excluding carboxylic acids is 1. The van der Waals surface area contributed by atoms with Crippen molar-refractivity contribution in [2.45, 2.75) is 12.8 Å². The molecule has 1 saturated heterocycles. The number of rotatable bonds is 5. The van der Waals surface area contributed by atoms with Crippen LogP contribution in [0.5, 0.6) is 5.75 Å². The summed E-state index contributed by atoms with van der Waals surface area (Å²) >= 11 is 5.91. The lowest BCUT2D eigenvalue weighted by Gasteiger charge is -2.16. The molecule has 1 aliphatic heterocycles. The molecule has 4 rings (SSSR count). The van der Waals surface area contributed by atoms with Crippen molar-refractivity contribution in [3.8, 4) is 11.8 Å². The molecule has 0 atom stereocenters. The number of piperidine rings is 1. The number of fused-ring (bicyclic) bond motifs is 1. The fraction of sp³-hybridized carbons (Fsp3) is 0.208. The second-order valence-corrected chi connectivity index (χ2v) is 7.93. The van der Waals surface area contributed by atoms with Crippen LogP contribution in [0.15, 0.2) is 48.2 Å². The molecule has 2 heterocycles. The SMILES string of the molecule is COc1cc2ncc(C#N)c(Nc3ccc(F)c(Cl)c3)c2cc1NC(=O)C=C1CCNCC1. The molecule has 0 radical (unpaired) electrons. The maximum absolute atomic E-state index is 13.6. The Morgan fingerprint density at radius 1 is 1.30 bits per heavy atom. The average Bonchev–Trinajstić information content (AvgIpc) is 2.82. The summed E-state index contributed by atoms with van der Waals surface area (Å²) < 4.78 is 19.0. The molecule has 1 aliphatic rings. The Kier molecular flexibility index (Phi) is 6.73. The van der Waals surface area contributed by atoms with Gasteiger partial charge in [0.1, 0.15) is 17.6 Å². The Morgan fingerprint density at radius 2 is 2.09 bits per heavy atom. The van der Waals surface area contributed by atoms with Gasteiger partial charge in [0.25, 0.3) is 0 Å². The van der Waals surface area contributed by atoms with Crippen LogP contribution >= 0.6 is 11.6 Å². The van der Waals surface area contributed by atoms with Crippen molar-refractivity contribution in [1.82, 2.24) is 10.3 Å². The van der Waals surface area contributed by atoms with Crippen molar-refractivity contribution in [3.63, 3.8) is 0 Å². The molecule has 0 bridgehead atoms. The number of nitrogens with one attached hydrogen (secondary N) is 3. The highest BCUT2D eigenvalue weighted by molar-refractivity contribution is 6.31. The van der Waals surface area contributed by atoms with Gasteiger partial charge in [0.05, 0.1) is 34.6 Å². The summed E-state index contributed by atoms with van der Waals surface area (Å²) in [4.78, 5) is 17.0.